The minimum atomic E-state index is -3.59. The third-order valence-corrected chi connectivity index (χ3v) is 7.94. The van der Waals surface area contributed by atoms with Gasteiger partial charge in [0.05, 0.1) is 17.2 Å². The van der Waals surface area contributed by atoms with Crippen molar-refractivity contribution in [2.45, 2.75) is 46.1 Å². The molecule has 0 fully saturated rings. The maximum absolute atomic E-state index is 13.1. The summed E-state index contributed by atoms with van der Waals surface area (Å²) in [6.07, 6.45) is 1.44. The van der Waals surface area contributed by atoms with Crippen LogP contribution in [0.2, 0.25) is 0 Å². The van der Waals surface area contributed by atoms with Crippen molar-refractivity contribution in [1.29, 1.82) is 0 Å². The predicted octanol–water partition coefficient (Wildman–Crippen LogP) is 5.20. The molecule has 0 saturated heterocycles. The SMILES string of the molecule is C.CC(C)S(=O)(=O)n1ccc2c(-c3cccc(CN)c3)cc(COc3ccccc3CC(=O)O)cc21. The minimum Gasteiger partial charge on any atom is -0.489 e. The Labute approximate surface area is 212 Å². The number of nitrogens with two attached hydrogens (primary N) is 1. The number of carboxylic acids is 1. The van der Waals surface area contributed by atoms with E-state index in [9.17, 15) is 18.3 Å². The monoisotopic (exact) mass is 508 g/mol. The third-order valence-electron chi connectivity index (χ3n) is 5.88. The van der Waals surface area contributed by atoms with Gasteiger partial charge in [0.15, 0.2) is 0 Å². The first kappa shape index (κ1) is 27.0. The van der Waals surface area contributed by atoms with Gasteiger partial charge in [-0.15, -0.1) is 0 Å². The lowest BCUT2D eigenvalue weighted by Crippen LogP contribution is -2.21. The highest BCUT2D eigenvalue weighted by Crippen LogP contribution is 2.33. The van der Waals surface area contributed by atoms with Gasteiger partial charge in [-0.1, -0.05) is 43.8 Å². The Bertz CT molecular complexity index is 1490. The maximum atomic E-state index is 13.1. The Morgan fingerprint density at radius 2 is 1.78 bits per heavy atom. The molecule has 1 heterocycles. The number of fused-ring (bicyclic) bond motifs is 1. The van der Waals surface area contributed by atoms with Crippen molar-refractivity contribution >= 4 is 26.9 Å². The zero-order chi connectivity index (χ0) is 25.2. The van der Waals surface area contributed by atoms with Crippen molar-refractivity contribution in [3.8, 4) is 16.9 Å². The van der Waals surface area contributed by atoms with Gasteiger partial charge in [0.25, 0.3) is 0 Å². The second kappa shape index (κ2) is 11.0. The van der Waals surface area contributed by atoms with Crippen LogP contribution in [0.5, 0.6) is 5.75 Å². The molecule has 3 aromatic carbocycles. The molecule has 0 radical (unpaired) electrons. The number of para-hydroxylation sites is 1. The number of carbonyl (C=O) groups is 1. The van der Waals surface area contributed by atoms with Gasteiger partial charge in [-0.05, 0) is 66.4 Å². The number of nitrogens with zero attached hydrogens (tertiary/aromatic N) is 1. The van der Waals surface area contributed by atoms with E-state index in [2.05, 4.69) is 0 Å². The van der Waals surface area contributed by atoms with Crippen molar-refractivity contribution in [1.82, 2.24) is 3.97 Å². The molecule has 4 aromatic rings. The zero-order valence-corrected chi connectivity index (χ0v) is 20.5. The Hall–Kier alpha value is -3.62. The molecule has 0 aliphatic carbocycles. The fourth-order valence-electron chi connectivity index (χ4n) is 4.03. The number of carboxylic acid groups (broad SMARTS) is 1. The van der Waals surface area contributed by atoms with Crippen molar-refractivity contribution in [3.63, 3.8) is 0 Å². The van der Waals surface area contributed by atoms with E-state index in [1.165, 1.54) is 3.97 Å². The number of hydrogen-bond acceptors (Lipinski definition) is 5. The fourth-order valence-corrected chi connectivity index (χ4v) is 5.14. The van der Waals surface area contributed by atoms with Crippen LogP contribution in [-0.4, -0.2) is 28.7 Å². The molecular formula is C28H32N2O5S. The number of ether oxygens (including phenoxy) is 1. The highest BCUT2D eigenvalue weighted by Gasteiger charge is 2.22. The summed E-state index contributed by atoms with van der Waals surface area (Å²) in [4.78, 5) is 11.2. The highest BCUT2D eigenvalue weighted by atomic mass is 32.2. The number of benzene rings is 3. The lowest BCUT2D eigenvalue weighted by atomic mass is 9.97. The summed E-state index contributed by atoms with van der Waals surface area (Å²) in [6, 6.07) is 20.4. The predicted molar refractivity (Wildman–Crippen MR) is 144 cm³/mol. The van der Waals surface area contributed by atoms with Gasteiger partial charge in [-0.2, -0.15) is 0 Å². The van der Waals surface area contributed by atoms with Crippen molar-refractivity contribution in [2.75, 3.05) is 0 Å². The topological polar surface area (TPSA) is 112 Å². The van der Waals surface area contributed by atoms with Crippen LogP contribution < -0.4 is 10.5 Å². The van der Waals surface area contributed by atoms with Gasteiger partial charge >= 0.3 is 5.97 Å². The Morgan fingerprint density at radius 1 is 1.03 bits per heavy atom. The van der Waals surface area contributed by atoms with Gasteiger partial charge < -0.3 is 15.6 Å². The van der Waals surface area contributed by atoms with Crippen molar-refractivity contribution in [3.05, 3.63) is 89.6 Å². The van der Waals surface area contributed by atoms with E-state index in [1.54, 1.807) is 44.3 Å². The molecule has 3 N–H and O–H groups in total. The highest BCUT2D eigenvalue weighted by molar-refractivity contribution is 7.90. The minimum absolute atomic E-state index is 0. The molecular weight excluding hydrogens is 476 g/mol. The molecule has 0 bridgehead atoms. The molecule has 0 unspecified atom stereocenters. The van der Waals surface area contributed by atoms with E-state index < -0.39 is 21.2 Å². The van der Waals surface area contributed by atoms with Crippen LogP contribution in [0.15, 0.2) is 72.9 Å². The van der Waals surface area contributed by atoms with Crippen LogP contribution in [0.25, 0.3) is 22.0 Å². The molecule has 0 saturated carbocycles. The van der Waals surface area contributed by atoms with Crippen LogP contribution in [0.1, 0.15) is 38.0 Å². The summed E-state index contributed by atoms with van der Waals surface area (Å²) in [5, 5.41) is 9.42. The molecule has 7 nitrogen and oxygen atoms in total. The van der Waals surface area contributed by atoms with Crippen LogP contribution in [-0.2, 0) is 34.4 Å². The van der Waals surface area contributed by atoms with E-state index in [-0.39, 0.29) is 20.5 Å². The molecule has 0 aliphatic rings. The van der Waals surface area contributed by atoms with E-state index in [4.69, 9.17) is 10.5 Å². The van der Waals surface area contributed by atoms with Crippen LogP contribution >= 0.6 is 0 Å². The number of aromatic nitrogens is 1. The Balaban J connectivity index is 0.00000361. The summed E-state index contributed by atoms with van der Waals surface area (Å²) < 4.78 is 33.4. The second-order valence-electron chi connectivity index (χ2n) is 8.65. The van der Waals surface area contributed by atoms with Gasteiger partial charge in [-0.3, -0.25) is 4.79 Å². The average Bonchev–Trinajstić information content (AvgIpc) is 3.27. The molecule has 0 atom stereocenters. The standard InChI is InChI=1S/C27H28N2O5S.CH4/c1-18(2)35(32,33)29-11-10-23-24(21-8-5-6-19(12-21)16-28)13-20(14-25(23)29)17-34-26-9-4-3-7-22(26)15-27(30)31;/h3-14,18H,15-17,28H2,1-2H3,(H,30,31);1H4. The molecule has 0 amide bonds. The lowest BCUT2D eigenvalue weighted by molar-refractivity contribution is -0.136. The van der Waals surface area contributed by atoms with E-state index in [0.29, 0.717) is 23.4 Å². The molecule has 4 rings (SSSR count). The van der Waals surface area contributed by atoms with Crippen LogP contribution in [0.4, 0.5) is 0 Å². The number of rotatable bonds is 9. The first-order valence-corrected chi connectivity index (χ1v) is 12.8. The normalized spacial score (nSPS) is 11.4. The Morgan fingerprint density at radius 3 is 2.47 bits per heavy atom. The number of hydrogen-bond donors (Lipinski definition) is 2. The molecule has 0 spiro atoms. The quantitative estimate of drug-likeness (QED) is 0.322. The summed E-state index contributed by atoms with van der Waals surface area (Å²) >= 11 is 0. The molecule has 1 aromatic heterocycles. The maximum Gasteiger partial charge on any atom is 0.307 e. The van der Waals surface area contributed by atoms with Gasteiger partial charge in [0, 0.05) is 23.7 Å². The second-order valence-corrected chi connectivity index (χ2v) is 11.0. The Kier molecular flexibility index (Phi) is 8.22. The smallest absolute Gasteiger partial charge is 0.307 e. The van der Waals surface area contributed by atoms with E-state index in [1.807, 2.05) is 42.5 Å². The van der Waals surface area contributed by atoms with Gasteiger partial charge in [-0.25, -0.2) is 12.4 Å². The first-order valence-electron chi connectivity index (χ1n) is 11.3. The summed E-state index contributed by atoms with van der Waals surface area (Å²) in [7, 11) is -3.59. The summed E-state index contributed by atoms with van der Waals surface area (Å²) in [5.74, 6) is -0.465. The van der Waals surface area contributed by atoms with Gasteiger partial charge in [0.1, 0.15) is 12.4 Å². The molecule has 8 heteroatoms. The largest absolute Gasteiger partial charge is 0.489 e. The van der Waals surface area contributed by atoms with Crippen molar-refractivity contribution in [2.24, 2.45) is 5.73 Å². The third kappa shape index (κ3) is 5.45. The summed E-state index contributed by atoms with van der Waals surface area (Å²) in [5.41, 5.74) is 10.5. The van der Waals surface area contributed by atoms with E-state index >= 15 is 0 Å². The van der Waals surface area contributed by atoms with Crippen LogP contribution in [0.3, 0.4) is 0 Å². The molecule has 190 valence electrons. The van der Waals surface area contributed by atoms with Crippen LogP contribution in [0, 0.1) is 0 Å². The molecule has 0 aliphatic heterocycles. The van der Waals surface area contributed by atoms with Crippen molar-refractivity contribution < 1.29 is 23.1 Å². The lowest BCUT2D eigenvalue weighted by Gasteiger charge is -2.15. The zero-order valence-electron chi connectivity index (χ0n) is 19.6. The van der Waals surface area contributed by atoms with E-state index in [0.717, 1.165) is 27.6 Å². The van der Waals surface area contributed by atoms with Gasteiger partial charge in [0.2, 0.25) is 10.0 Å². The fraction of sp³-hybridized carbons (Fsp3) is 0.250. The number of aliphatic carboxylic acids is 1. The molecule has 36 heavy (non-hydrogen) atoms. The first-order chi connectivity index (χ1) is 16.7. The average molecular weight is 509 g/mol. The summed E-state index contributed by atoms with van der Waals surface area (Å²) in [6.45, 7) is 3.84.